The average Bonchev–Trinajstić information content (AvgIpc) is 2.54. The first-order valence-corrected chi connectivity index (χ1v) is 11.7. The molecule has 1 amide bonds. The van der Waals surface area contributed by atoms with Crippen molar-refractivity contribution in [1.29, 1.82) is 0 Å². The molecule has 0 aliphatic heterocycles. The van der Waals surface area contributed by atoms with Gasteiger partial charge in [-0.1, -0.05) is 20.8 Å². The molecule has 1 rings (SSSR count). The number of nitrogens with zero attached hydrogens (tertiary/aromatic N) is 2. The maximum absolute atomic E-state index is 12.8. The summed E-state index contributed by atoms with van der Waals surface area (Å²) in [6.45, 7) is 14.9. The van der Waals surface area contributed by atoms with Crippen molar-refractivity contribution in [3.63, 3.8) is 0 Å². The van der Waals surface area contributed by atoms with Crippen molar-refractivity contribution in [3.05, 3.63) is 18.1 Å². The van der Waals surface area contributed by atoms with Crippen molar-refractivity contribution in [2.45, 2.75) is 65.0 Å². The third-order valence-electron chi connectivity index (χ3n) is 4.59. The minimum atomic E-state index is -2.15. The average molecular weight is 384 g/mol. The maximum atomic E-state index is 12.8. The molecule has 0 aromatic carbocycles. The third kappa shape index (κ3) is 7.11. The molecule has 1 N–H and O–H groups in total. The molecule has 7 nitrogen and oxygen atoms in total. The summed E-state index contributed by atoms with van der Waals surface area (Å²) in [6, 6.07) is 0. The van der Waals surface area contributed by atoms with E-state index >= 15 is 0 Å². The van der Waals surface area contributed by atoms with Crippen LogP contribution in [0.15, 0.2) is 12.4 Å². The minimum Gasteiger partial charge on any atom is -0.403 e. The highest BCUT2D eigenvalue weighted by atomic mass is 28.4. The van der Waals surface area contributed by atoms with E-state index < -0.39 is 14.4 Å². The van der Waals surface area contributed by atoms with E-state index in [9.17, 15) is 4.79 Å². The second-order valence-electron chi connectivity index (χ2n) is 7.98. The van der Waals surface area contributed by atoms with Crippen LogP contribution in [0.1, 0.15) is 33.4 Å². The lowest BCUT2D eigenvalue weighted by atomic mass is 10.2. The van der Waals surface area contributed by atoms with Crippen molar-refractivity contribution in [3.8, 4) is 0 Å². The van der Waals surface area contributed by atoms with Gasteiger partial charge in [-0.3, -0.25) is 9.78 Å². The van der Waals surface area contributed by atoms with E-state index in [1.807, 2.05) is 13.8 Å². The van der Waals surface area contributed by atoms with Crippen LogP contribution in [0.5, 0.6) is 0 Å². The van der Waals surface area contributed by atoms with Crippen molar-refractivity contribution in [2.75, 3.05) is 25.6 Å². The second-order valence-corrected chi connectivity index (χ2v) is 12.7. The molecule has 0 fully saturated rings. The fourth-order valence-corrected chi connectivity index (χ4v) is 3.01. The standard InChI is InChI=1S/C18H33N3O4Si/c1-13-9-20-16(10-19-13)21-17(22)15(12-24-11-14(2)23-6)25-26(7,8)18(3,4)5/h9-10,14-15H,11-12H2,1-8H3,(H,20,21,22)/t14-,15+/m1/s1. The molecule has 0 radical (unpaired) electrons. The summed E-state index contributed by atoms with van der Waals surface area (Å²) in [5, 5.41) is 2.75. The van der Waals surface area contributed by atoms with E-state index in [1.54, 1.807) is 13.3 Å². The first-order chi connectivity index (χ1) is 12.0. The van der Waals surface area contributed by atoms with Gasteiger partial charge in [0, 0.05) is 7.11 Å². The highest BCUT2D eigenvalue weighted by molar-refractivity contribution is 6.74. The van der Waals surface area contributed by atoms with Crippen LogP contribution in [0.4, 0.5) is 5.82 Å². The van der Waals surface area contributed by atoms with Crippen molar-refractivity contribution in [1.82, 2.24) is 9.97 Å². The van der Waals surface area contributed by atoms with E-state index in [0.29, 0.717) is 12.4 Å². The number of methoxy groups -OCH3 is 1. The van der Waals surface area contributed by atoms with Gasteiger partial charge in [0.25, 0.3) is 5.91 Å². The molecule has 0 bridgehead atoms. The van der Waals surface area contributed by atoms with Crippen LogP contribution in [0.3, 0.4) is 0 Å². The van der Waals surface area contributed by atoms with E-state index in [2.05, 4.69) is 49.1 Å². The predicted octanol–water partition coefficient (Wildman–Crippen LogP) is 3.17. The lowest BCUT2D eigenvalue weighted by Gasteiger charge is -2.38. The minimum absolute atomic E-state index is 0.0188. The number of ether oxygens (including phenoxy) is 2. The van der Waals surface area contributed by atoms with Gasteiger partial charge >= 0.3 is 0 Å². The molecular weight excluding hydrogens is 350 g/mol. The van der Waals surface area contributed by atoms with Gasteiger partial charge < -0.3 is 19.2 Å². The molecule has 0 aliphatic rings. The van der Waals surface area contributed by atoms with Crippen LogP contribution in [-0.4, -0.2) is 56.7 Å². The number of rotatable bonds is 9. The Kier molecular flexibility index (Phi) is 8.33. The fourth-order valence-electron chi connectivity index (χ4n) is 1.77. The Hall–Kier alpha value is -1.35. The Bertz CT molecular complexity index is 573. The lowest BCUT2D eigenvalue weighted by molar-refractivity contribution is -0.126. The van der Waals surface area contributed by atoms with Gasteiger partial charge in [0.2, 0.25) is 0 Å². The second kappa shape index (κ2) is 9.54. The number of carbonyl (C=O) groups excluding carboxylic acids is 1. The number of aromatic nitrogens is 2. The molecule has 1 heterocycles. The Morgan fingerprint density at radius 2 is 1.88 bits per heavy atom. The van der Waals surface area contributed by atoms with Crippen molar-refractivity contribution in [2.24, 2.45) is 0 Å². The first-order valence-electron chi connectivity index (χ1n) is 8.84. The summed E-state index contributed by atoms with van der Waals surface area (Å²) in [5.74, 6) is 0.118. The van der Waals surface area contributed by atoms with Crippen LogP contribution in [0, 0.1) is 6.92 Å². The van der Waals surface area contributed by atoms with Crippen molar-refractivity contribution < 1.29 is 18.7 Å². The van der Waals surface area contributed by atoms with Gasteiger partial charge in [0.05, 0.1) is 37.4 Å². The number of hydrogen-bond acceptors (Lipinski definition) is 6. The van der Waals surface area contributed by atoms with Gasteiger partial charge in [-0.05, 0) is 32.0 Å². The molecule has 26 heavy (non-hydrogen) atoms. The third-order valence-corrected chi connectivity index (χ3v) is 9.08. The van der Waals surface area contributed by atoms with E-state index in [1.165, 1.54) is 6.20 Å². The van der Waals surface area contributed by atoms with E-state index in [4.69, 9.17) is 13.9 Å². The largest absolute Gasteiger partial charge is 0.403 e. The molecule has 148 valence electrons. The summed E-state index contributed by atoms with van der Waals surface area (Å²) in [7, 11) is -0.525. The summed E-state index contributed by atoms with van der Waals surface area (Å²) in [4.78, 5) is 21.1. The molecular formula is C18H33N3O4Si. The normalized spacial score (nSPS) is 14.8. The maximum Gasteiger partial charge on any atom is 0.255 e. The van der Waals surface area contributed by atoms with Gasteiger partial charge in [-0.25, -0.2) is 4.98 Å². The first kappa shape index (κ1) is 22.7. The fraction of sp³-hybridized carbons (Fsp3) is 0.722. The number of amides is 1. The lowest BCUT2D eigenvalue weighted by Crippen LogP contribution is -2.49. The van der Waals surface area contributed by atoms with Crippen LogP contribution in [0.25, 0.3) is 0 Å². The summed E-state index contributed by atoms with van der Waals surface area (Å²) in [6.07, 6.45) is 2.37. The Morgan fingerprint density at radius 3 is 2.38 bits per heavy atom. The Balaban J connectivity index is 2.84. The summed E-state index contributed by atoms with van der Waals surface area (Å²) < 4.78 is 17.1. The predicted molar refractivity (Wildman–Crippen MR) is 105 cm³/mol. The van der Waals surface area contributed by atoms with Gasteiger partial charge in [0.1, 0.15) is 6.10 Å². The quantitative estimate of drug-likeness (QED) is 0.660. The van der Waals surface area contributed by atoms with Gasteiger partial charge in [-0.15, -0.1) is 0 Å². The number of hydrogen-bond donors (Lipinski definition) is 1. The zero-order valence-electron chi connectivity index (χ0n) is 17.3. The van der Waals surface area contributed by atoms with Crippen LogP contribution >= 0.6 is 0 Å². The monoisotopic (exact) mass is 383 g/mol. The molecule has 2 atom stereocenters. The molecule has 0 saturated heterocycles. The zero-order valence-corrected chi connectivity index (χ0v) is 18.3. The zero-order chi connectivity index (χ0) is 20.0. The highest BCUT2D eigenvalue weighted by Gasteiger charge is 2.41. The number of anilines is 1. The molecule has 0 unspecified atom stereocenters. The molecule has 1 aromatic heterocycles. The molecule has 0 aliphatic carbocycles. The van der Waals surface area contributed by atoms with Crippen LogP contribution in [0.2, 0.25) is 18.1 Å². The Labute approximate surface area is 158 Å². The van der Waals surface area contributed by atoms with E-state index in [0.717, 1.165) is 5.69 Å². The number of carbonyl (C=O) groups is 1. The SMILES string of the molecule is CO[C@H](C)COC[C@H](O[Si](C)(C)C(C)(C)C)C(=O)Nc1cnc(C)cn1. The number of nitrogens with one attached hydrogen (secondary N) is 1. The molecule has 8 heteroatoms. The summed E-state index contributed by atoms with van der Waals surface area (Å²) in [5.41, 5.74) is 0.786. The topological polar surface area (TPSA) is 82.6 Å². The highest BCUT2D eigenvalue weighted by Crippen LogP contribution is 2.37. The molecule has 1 aromatic rings. The van der Waals surface area contributed by atoms with Crippen LogP contribution < -0.4 is 5.32 Å². The van der Waals surface area contributed by atoms with Gasteiger partial charge in [-0.2, -0.15) is 0 Å². The number of aryl methyl sites for hydroxylation is 1. The summed E-state index contributed by atoms with van der Waals surface area (Å²) >= 11 is 0. The Morgan fingerprint density at radius 1 is 1.23 bits per heavy atom. The van der Waals surface area contributed by atoms with Crippen LogP contribution in [-0.2, 0) is 18.7 Å². The van der Waals surface area contributed by atoms with E-state index in [-0.39, 0.29) is 23.7 Å². The molecule has 0 saturated carbocycles. The smallest absolute Gasteiger partial charge is 0.255 e. The van der Waals surface area contributed by atoms with Crippen molar-refractivity contribution >= 4 is 20.0 Å². The van der Waals surface area contributed by atoms with Gasteiger partial charge in [0.15, 0.2) is 14.1 Å². The molecule has 0 spiro atoms.